The number of rotatable bonds is 0. The lowest BCUT2D eigenvalue weighted by Crippen LogP contribution is -1.92. The highest BCUT2D eigenvalue weighted by Crippen LogP contribution is 2.15. The highest BCUT2D eigenvalue weighted by atomic mass is 127. The molecule has 1 aromatic rings. The van der Waals surface area contributed by atoms with Gasteiger partial charge in [0.2, 0.25) is 0 Å². The predicted molar refractivity (Wildman–Crippen MR) is 51.2 cm³/mol. The van der Waals surface area contributed by atoms with Crippen molar-refractivity contribution in [1.29, 1.82) is 0 Å². The van der Waals surface area contributed by atoms with Crippen molar-refractivity contribution in [3.8, 4) is 0 Å². The van der Waals surface area contributed by atoms with Crippen LogP contribution < -0.4 is 0 Å². The predicted octanol–water partition coefficient (Wildman–Crippen LogP) is 2.61. The molecule has 0 atom stereocenters. The summed E-state index contributed by atoms with van der Waals surface area (Å²) in [5.41, 5.74) is 3.94. The van der Waals surface area contributed by atoms with Crippen LogP contribution in [0, 0.1) is 24.5 Å². The summed E-state index contributed by atoms with van der Waals surface area (Å²) in [5, 5.41) is 0. The van der Waals surface area contributed by atoms with Gasteiger partial charge in [-0.3, -0.25) is 0 Å². The lowest BCUT2D eigenvalue weighted by atomic mass is 10.1. The van der Waals surface area contributed by atoms with Crippen molar-refractivity contribution in [2.45, 2.75) is 20.8 Å². The molecule has 0 saturated heterocycles. The Morgan fingerprint density at radius 2 is 1.80 bits per heavy atom. The molecular formula is C8H10IN. The number of halogens is 1. The molecule has 1 heterocycles. The van der Waals surface area contributed by atoms with Crippen molar-refractivity contribution in [3.63, 3.8) is 0 Å². The molecule has 0 fully saturated rings. The lowest BCUT2D eigenvalue weighted by Gasteiger charge is -2.03. The molecule has 1 rings (SSSR count). The van der Waals surface area contributed by atoms with Gasteiger partial charge in [-0.15, -0.1) is 0 Å². The zero-order chi connectivity index (χ0) is 7.72. The average Bonchev–Trinajstić information content (AvgIpc) is 1.93. The van der Waals surface area contributed by atoms with Crippen LogP contribution in [0.4, 0.5) is 0 Å². The molecular weight excluding hydrogens is 237 g/mol. The van der Waals surface area contributed by atoms with Gasteiger partial charge in [0.1, 0.15) is 3.70 Å². The third kappa shape index (κ3) is 1.31. The Kier molecular flexibility index (Phi) is 2.28. The first-order valence-electron chi connectivity index (χ1n) is 3.21. The molecule has 1 aromatic heterocycles. The Bertz CT molecular complexity index is 229. The SMILES string of the molecule is Cc1cnc(I)c(C)c1C. The van der Waals surface area contributed by atoms with Crippen LogP contribution in [0.15, 0.2) is 6.20 Å². The molecule has 0 aliphatic rings. The van der Waals surface area contributed by atoms with Crippen molar-refractivity contribution < 1.29 is 0 Å². The van der Waals surface area contributed by atoms with E-state index in [0.717, 1.165) is 3.70 Å². The summed E-state index contributed by atoms with van der Waals surface area (Å²) in [7, 11) is 0. The summed E-state index contributed by atoms with van der Waals surface area (Å²) in [6.45, 7) is 6.33. The summed E-state index contributed by atoms with van der Waals surface area (Å²) >= 11 is 2.26. The number of hydrogen-bond donors (Lipinski definition) is 0. The maximum absolute atomic E-state index is 4.23. The number of nitrogens with zero attached hydrogens (tertiary/aromatic N) is 1. The van der Waals surface area contributed by atoms with Crippen molar-refractivity contribution in [3.05, 3.63) is 26.6 Å². The molecule has 2 heteroatoms. The molecule has 0 N–H and O–H groups in total. The fourth-order valence-corrected chi connectivity index (χ4v) is 1.34. The first kappa shape index (κ1) is 7.98. The summed E-state index contributed by atoms with van der Waals surface area (Å²) in [5.74, 6) is 0. The van der Waals surface area contributed by atoms with E-state index in [-0.39, 0.29) is 0 Å². The summed E-state index contributed by atoms with van der Waals surface area (Å²) < 4.78 is 1.11. The van der Waals surface area contributed by atoms with E-state index in [1.165, 1.54) is 16.7 Å². The summed E-state index contributed by atoms with van der Waals surface area (Å²) in [6.07, 6.45) is 1.92. The van der Waals surface area contributed by atoms with E-state index in [1.807, 2.05) is 6.20 Å². The third-order valence-electron chi connectivity index (χ3n) is 1.83. The van der Waals surface area contributed by atoms with Crippen LogP contribution >= 0.6 is 22.6 Å². The van der Waals surface area contributed by atoms with Crippen molar-refractivity contribution in [2.24, 2.45) is 0 Å². The van der Waals surface area contributed by atoms with Crippen LogP contribution in [0.25, 0.3) is 0 Å². The largest absolute Gasteiger partial charge is 0.250 e. The second-order valence-electron chi connectivity index (χ2n) is 2.48. The highest BCUT2D eigenvalue weighted by molar-refractivity contribution is 14.1. The summed E-state index contributed by atoms with van der Waals surface area (Å²) in [6, 6.07) is 0. The van der Waals surface area contributed by atoms with Gasteiger partial charge < -0.3 is 0 Å². The molecule has 0 spiro atoms. The van der Waals surface area contributed by atoms with E-state index in [0.29, 0.717) is 0 Å². The Morgan fingerprint density at radius 3 is 2.30 bits per heavy atom. The molecule has 0 radical (unpaired) electrons. The standard InChI is InChI=1S/C8H10IN/c1-5-4-10-8(9)7(3)6(5)2/h4H,1-3H3. The maximum atomic E-state index is 4.23. The quantitative estimate of drug-likeness (QED) is 0.507. The normalized spacial score (nSPS) is 10.0. The van der Waals surface area contributed by atoms with Crippen LogP contribution in [0.2, 0.25) is 0 Å². The number of aryl methyl sites for hydroxylation is 1. The van der Waals surface area contributed by atoms with Gasteiger partial charge in [0.05, 0.1) is 0 Å². The molecule has 0 unspecified atom stereocenters. The number of hydrogen-bond acceptors (Lipinski definition) is 1. The van der Waals surface area contributed by atoms with Crippen molar-refractivity contribution in [1.82, 2.24) is 4.98 Å². The van der Waals surface area contributed by atoms with Gasteiger partial charge in [0.15, 0.2) is 0 Å². The van der Waals surface area contributed by atoms with E-state index >= 15 is 0 Å². The second-order valence-corrected chi connectivity index (χ2v) is 3.50. The van der Waals surface area contributed by atoms with Crippen molar-refractivity contribution in [2.75, 3.05) is 0 Å². The zero-order valence-corrected chi connectivity index (χ0v) is 8.56. The first-order valence-corrected chi connectivity index (χ1v) is 4.29. The van der Waals surface area contributed by atoms with Crippen LogP contribution in [-0.2, 0) is 0 Å². The van der Waals surface area contributed by atoms with E-state index in [1.54, 1.807) is 0 Å². The zero-order valence-electron chi connectivity index (χ0n) is 6.40. The second kappa shape index (κ2) is 2.86. The Hall–Kier alpha value is -0.120. The molecule has 0 aliphatic carbocycles. The smallest absolute Gasteiger partial charge is 0.104 e. The van der Waals surface area contributed by atoms with Crippen LogP contribution in [0.1, 0.15) is 16.7 Å². The first-order chi connectivity index (χ1) is 4.63. The molecule has 0 amide bonds. The number of pyridine rings is 1. The van der Waals surface area contributed by atoms with E-state index in [9.17, 15) is 0 Å². The van der Waals surface area contributed by atoms with Gasteiger partial charge in [0, 0.05) is 6.20 Å². The third-order valence-corrected chi connectivity index (χ3v) is 2.92. The maximum Gasteiger partial charge on any atom is 0.104 e. The van der Waals surface area contributed by atoms with E-state index in [2.05, 4.69) is 48.3 Å². The van der Waals surface area contributed by atoms with Gasteiger partial charge in [-0.05, 0) is 60.1 Å². The van der Waals surface area contributed by atoms with Crippen LogP contribution in [0.3, 0.4) is 0 Å². The Labute approximate surface area is 75.0 Å². The molecule has 0 bridgehead atoms. The minimum absolute atomic E-state index is 1.11. The van der Waals surface area contributed by atoms with Crippen LogP contribution in [-0.4, -0.2) is 4.98 Å². The van der Waals surface area contributed by atoms with Crippen LogP contribution in [0.5, 0.6) is 0 Å². The lowest BCUT2D eigenvalue weighted by molar-refractivity contribution is 1.13. The minimum Gasteiger partial charge on any atom is -0.250 e. The Morgan fingerprint density at radius 1 is 1.20 bits per heavy atom. The van der Waals surface area contributed by atoms with Gasteiger partial charge >= 0.3 is 0 Å². The topological polar surface area (TPSA) is 12.9 Å². The molecule has 0 aromatic carbocycles. The molecule has 0 saturated carbocycles. The fourth-order valence-electron chi connectivity index (χ4n) is 0.798. The van der Waals surface area contributed by atoms with E-state index < -0.39 is 0 Å². The molecule has 0 aliphatic heterocycles. The number of aromatic nitrogens is 1. The van der Waals surface area contributed by atoms with Gasteiger partial charge in [-0.1, -0.05) is 0 Å². The molecule has 54 valence electrons. The monoisotopic (exact) mass is 247 g/mol. The van der Waals surface area contributed by atoms with Gasteiger partial charge in [0.25, 0.3) is 0 Å². The molecule has 1 nitrogen and oxygen atoms in total. The van der Waals surface area contributed by atoms with Crippen molar-refractivity contribution >= 4 is 22.6 Å². The fraction of sp³-hybridized carbons (Fsp3) is 0.375. The Balaban J connectivity index is 3.34. The summed E-state index contributed by atoms with van der Waals surface area (Å²) in [4.78, 5) is 4.23. The van der Waals surface area contributed by atoms with E-state index in [4.69, 9.17) is 0 Å². The minimum atomic E-state index is 1.11. The van der Waals surface area contributed by atoms with Gasteiger partial charge in [-0.2, -0.15) is 0 Å². The van der Waals surface area contributed by atoms with Gasteiger partial charge in [-0.25, -0.2) is 4.98 Å². The molecule has 10 heavy (non-hydrogen) atoms. The average molecular weight is 247 g/mol. The highest BCUT2D eigenvalue weighted by Gasteiger charge is 2.00.